The summed E-state index contributed by atoms with van der Waals surface area (Å²) in [6.45, 7) is 2.75. The van der Waals surface area contributed by atoms with E-state index in [1.807, 2.05) is 43.3 Å². The Bertz CT molecular complexity index is 1470. The molecule has 0 aliphatic heterocycles. The molecule has 0 aliphatic rings. The molecule has 43 heavy (non-hydrogen) atoms. The quantitative estimate of drug-likeness (QED) is 0.154. The van der Waals surface area contributed by atoms with Gasteiger partial charge in [-0.2, -0.15) is 4.98 Å². The third-order valence-electron chi connectivity index (χ3n) is 6.26. The molecule has 0 bridgehead atoms. The van der Waals surface area contributed by atoms with E-state index in [-0.39, 0.29) is 23.6 Å². The lowest BCUT2D eigenvalue weighted by Gasteiger charge is -2.23. The normalized spacial score (nSPS) is 11.4. The van der Waals surface area contributed by atoms with Crippen molar-refractivity contribution in [2.45, 2.75) is 25.8 Å². The summed E-state index contributed by atoms with van der Waals surface area (Å²) in [5.41, 5.74) is 1.86. The maximum atomic E-state index is 13.6. The molecule has 2 aromatic carbocycles. The van der Waals surface area contributed by atoms with E-state index >= 15 is 0 Å². The van der Waals surface area contributed by atoms with E-state index < -0.39 is 6.04 Å². The van der Waals surface area contributed by atoms with Crippen molar-refractivity contribution in [3.8, 4) is 17.6 Å². The number of hydrogen-bond donors (Lipinski definition) is 3. The molecule has 0 fully saturated rings. The number of carbonyl (C=O) groups excluding carboxylic acids is 2. The third kappa shape index (κ3) is 10.8. The molecule has 3 aromatic rings. The fourth-order valence-corrected chi connectivity index (χ4v) is 3.68. The second kappa shape index (κ2) is 16.5. The number of nitrogens with one attached hydrogen (secondary N) is 3. The molecule has 0 aliphatic carbocycles. The Morgan fingerprint density at radius 1 is 1.09 bits per heavy atom. The molecular formula is C32H38FN7O3. The largest absolute Gasteiger partial charge is 0.497 e. The van der Waals surface area contributed by atoms with Crippen LogP contribution >= 0.6 is 0 Å². The standard InChI is InChI=1S/C32H38FN7O3/c1-23(40(4)29(41)14-10-20-39(2)3)31(42)34-19-8-6-7-11-24-22-35-32(37-27-13-9-12-25(33)21-27)38-30(24)36-26-15-17-28(43-5)18-16-26/h9-10,12-18,21-23H,6,8,19-20H2,1-5H3,(H,34,42)(H2,35,36,37,38)/b14-10+/t23-/m0/s1. The number of carbonyl (C=O) groups is 2. The number of rotatable bonds is 13. The van der Waals surface area contributed by atoms with Crippen molar-refractivity contribution in [3.63, 3.8) is 0 Å². The number of amides is 2. The third-order valence-corrected chi connectivity index (χ3v) is 6.26. The molecule has 10 nitrogen and oxygen atoms in total. The first kappa shape index (κ1) is 32.6. The Kier molecular flexibility index (Phi) is 12.5. The van der Waals surface area contributed by atoms with Crippen LogP contribution in [0, 0.1) is 17.7 Å². The first-order chi connectivity index (χ1) is 20.7. The van der Waals surface area contributed by atoms with E-state index in [1.54, 1.807) is 45.5 Å². The molecular weight excluding hydrogens is 549 g/mol. The predicted octanol–water partition coefficient (Wildman–Crippen LogP) is 4.32. The van der Waals surface area contributed by atoms with Gasteiger partial charge < -0.3 is 30.5 Å². The van der Waals surface area contributed by atoms with Gasteiger partial charge in [-0.3, -0.25) is 9.59 Å². The molecule has 0 spiro atoms. The van der Waals surface area contributed by atoms with Gasteiger partial charge in [0.2, 0.25) is 17.8 Å². The number of methoxy groups -OCH3 is 1. The highest BCUT2D eigenvalue weighted by molar-refractivity contribution is 5.92. The van der Waals surface area contributed by atoms with Crippen LogP contribution in [0.25, 0.3) is 0 Å². The fraction of sp³-hybridized carbons (Fsp3) is 0.312. The second-order valence-electron chi connectivity index (χ2n) is 9.93. The predicted molar refractivity (Wildman–Crippen MR) is 167 cm³/mol. The smallest absolute Gasteiger partial charge is 0.246 e. The lowest BCUT2D eigenvalue weighted by Crippen LogP contribution is -2.45. The fourth-order valence-electron chi connectivity index (χ4n) is 3.68. The average molecular weight is 588 g/mol. The van der Waals surface area contributed by atoms with Crippen molar-refractivity contribution in [1.29, 1.82) is 0 Å². The van der Waals surface area contributed by atoms with Crippen molar-refractivity contribution in [2.24, 2.45) is 0 Å². The van der Waals surface area contributed by atoms with Gasteiger partial charge in [0, 0.05) is 44.0 Å². The summed E-state index contributed by atoms with van der Waals surface area (Å²) < 4.78 is 18.9. The molecule has 0 unspecified atom stereocenters. The van der Waals surface area contributed by atoms with Crippen LogP contribution < -0.4 is 20.7 Å². The summed E-state index contributed by atoms with van der Waals surface area (Å²) in [7, 11) is 7.03. The van der Waals surface area contributed by atoms with Crippen LogP contribution in [0.1, 0.15) is 25.3 Å². The maximum absolute atomic E-state index is 13.6. The van der Waals surface area contributed by atoms with E-state index in [2.05, 4.69) is 37.8 Å². The van der Waals surface area contributed by atoms with Crippen molar-refractivity contribution in [1.82, 2.24) is 25.1 Å². The lowest BCUT2D eigenvalue weighted by atomic mass is 10.2. The zero-order valence-electron chi connectivity index (χ0n) is 25.1. The van der Waals surface area contributed by atoms with Gasteiger partial charge in [-0.25, -0.2) is 9.37 Å². The van der Waals surface area contributed by atoms with Crippen molar-refractivity contribution in [3.05, 3.63) is 78.3 Å². The van der Waals surface area contributed by atoms with Crippen LogP contribution in [0.15, 0.2) is 66.9 Å². The summed E-state index contributed by atoms with van der Waals surface area (Å²) in [6.07, 6.45) is 5.97. The summed E-state index contributed by atoms with van der Waals surface area (Å²) in [5.74, 6) is 6.85. The van der Waals surface area contributed by atoms with Crippen LogP contribution in [-0.4, -0.2) is 79.0 Å². The van der Waals surface area contributed by atoms with Gasteiger partial charge in [0.05, 0.1) is 18.9 Å². The van der Waals surface area contributed by atoms with Gasteiger partial charge in [-0.05, 0) is 69.9 Å². The van der Waals surface area contributed by atoms with Crippen LogP contribution in [-0.2, 0) is 9.59 Å². The molecule has 226 valence electrons. The van der Waals surface area contributed by atoms with Crippen molar-refractivity contribution >= 4 is 35.0 Å². The molecule has 1 atom stereocenters. The highest BCUT2D eigenvalue weighted by Gasteiger charge is 2.20. The summed E-state index contributed by atoms with van der Waals surface area (Å²) in [4.78, 5) is 37.1. The minimum absolute atomic E-state index is 0.228. The summed E-state index contributed by atoms with van der Waals surface area (Å²) in [5, 5.41) is 9.13. The molecule has 3 rings (SSSR count). The van der Waals surface area contributed by atoms with E-state index in [4.69, 9.17) is 4.74 Å². The van der Waals surface area contributed by atoms with Gasteiger partial charge in [0.1, 0.15) is 17.6 Å². The average Bonchev–Trinajstić information content (AvgIpc) is 2.99. The number of benzene rings is 2. The second-order valence-corrected chi connectivity index (χ2v) is 9.93. The molecule has 1 heterocycles. The topological polar surface area (TPSA) is 112 Å². The van der Waals surface area contributed by atoms with Crippen LogP contribution in [0.3, 0.4) is 0 Å². The van der Waals surface area contributed by atoms with E-state index in [0.29, 0.717) is 43.0 Å². The summed E-state index contributed by atoms with van der Waals surface area (Å²) in [6, 6.07) is 12.8. The van der Waals surface area contributed by atoms with Gasteiger partial charge in [-0.15, -0.1) is 0 Å². The minimum atomic E-state index is -0.606. The van der Waals surface area contributed by atoms with Crippen molar-refractivity contribution in [2.75, 3.05) is 52.0 Å². The number of aromatic nitrogens is 2. The Hall–Kier alpha value is -4.95. The minimum Gasteiger partial charge on any atom is -0.497 e. The van der Waals surface area contributed by atoms with Gasteiger partial charge in [0.15, 0.2) is 5.82 Å². The monoisotopic (exact) mass is 587 g/mol. The number of likely N-dealkylation sites (N-methyl/N-ethyl adjacent to an activating group) is 2. The van der Waals surface area contributed by atoms with Crippen LogP contribution in [0.5, 0.6) is 5.75 Å². The van der Waals surface area contributed by atoms with Gasteiger partial charge >= 0.3 is 0 Å². The molecule has 0 saturated heterocycles. The summed E-state index contributed by atoms with van der Waals surface area (Å²) >= 11 is 0. The van der Waals surface area contributed by atoms with Gasteiger partial charge in [-0.1, -0.05) is 24.0 Å². The number of ether oxygens (including phenoxy) is 1. The van der Waals surface area contributed by atoms with Crippen molar-refractivity contribution < 1.29 is 18.7 Å². The molecule has 0 radical (unpaired) electrons. The molecule has 3 N–H and O–H groups in total. The first-order valence-corrected chi connectivity index (χ1v) is 13.8. The molecule has 0 saturated carbocycles. The van der Waals surface area contributed by atoms with E-state index in [1.165, 1.54) is 23.1 Å². The lowest BCUT2D eigenvalue weighted by molar-refractivity contribution is -0.135. The number of halogens is 1. The number of anilines is 4. The van der Waals surface area contributed by atoms with E-state index in [0.717, 1.165) is 11.4 Å². The van der Waals surface area contributed by atoms with Crippen LogP contribution in [0.4, 0.5) is 27.5 Å². The Labute approximate surface area is 252 Å². The first-order valence-electron chi connectivity index (χ1n) is 13.8. The molecule has 11 heteroatoms. The number of hydrogen-bond acceptors (Lipinski definition) is 8. The Morgan fingerprint density at radius 3 is 2.56 bits per heavy atom. The maximum Gasteiger partial charge on any atom is 0.246 e. The highest BCUT2D eigenvalue weighted by atomic mass is 19.1. The highest BCUT2D eigenvalue weighted by Crippen LogP contribution is 2.23. The SMILES string of the molecule is COc1ccc(Nc2nc(Nc3cccc(F)c3)ncc2C#CCCCNC(=O)[C@H](C)N(C)C(=O)/C=C/CN(C)C)cc1. The Morgan fingerprint density at radius 2 is 1.86 bits per heavy atom. The Balaban J connectivity index is 1.60. The zero-order chi connectivity index (χ0) is 31.2. The van der Waals surface area contributed by atoms with E-state index in [9.17, 15) is 14.0 Å². The van der Waals surface area contributed by atoms with Gasteiger partial charge in [0.25, 0.3) is 0 Å². The molecule has 2 amide bonds. The zero-order valence-corrected chi connectivity index (χ0v) is 25.1. The number of nitrogens with zero attached hydrogens (tertiary/aromatic N) is 4. The molecule has 1 aromatic heterocycles. The van der Waals surface area contributed by atoms with Crippen LogP contribution in [0.2, 0.25) is 0 Å². The number of unbranched alkanes of at least 4 members (excludes halogenated alkanes) is 1.